The molecule has 0 aliphatic heterocycles. The molecule has 3 aromatic rings. The van der Waals surface area contributed by atoms with E-state index < -0.39 is 18.0 Å². The third-order valence-electron chi connectivity index (χ3n) is 3.36. The quantitative estimate of drug-likeness (QED) is 0.505. The van der Waals surface area contributed by atoms with Gasteiger partial charge < -0.3 is 9.26 Å². The fraction of sp³-hybridized carbons (Fsp3) is 0.167. The van der Waals surface area contributed by atoms with E-state index in [4.69, 9.17) is 9.26 Å². The highest BCUT2D eigenvalue weighted by atomic mass is 32.1. The first-order valence-corrected chi connectivity index (χ1v) is 9.53. The lowest BCUT2D eigenvalue weighted by Crippen LogP contribution is -2.30. The second-order valence-corrected chi connectivity index (χ2v) is 7.35. The lowest BCUT2D eigenvalue weighted by molar-refractivity contribution is -0.147. The molecule has 3 rings (SSSR count). The van der Waals surface area contributed by atoms with Crippen LogP contribution in [0, 0.1) is 6.92 Å². The number of amides is 1. The summed E-state index contributed by atoms with van der Waals surface area (Å²) < 4.78 is 10.3. The van der Waals surface area contributed by atoms with Crippen molar-refractivity contribution in [1.82, 2.24) is 5.16 Å². The van der Waals surface area contributed by atoms with Crippen LogP contribution in [0.25, 0.3) is 11.6 Å². The second kappa shape index (κ2) is 8.11. The summed E-state index contributed by atoms with van der Waals surface area (Å²) >= 11 is 2.95. The number of esters is 1. The van der Waals surface area contributed by atoms with Gasteiger partial charge >= 0.3 is 5.97 Å². The Hall–Kier alpha value is -2.71. The van der Waals surface area contributed by atoms with Gasteiger partial charge in [0, 0.05) is 15.8 Å². The van der Waals surface area contributed by atoms with Crippen molar-refractivity contribution < 1.29 is 18.8 Å². The number of hydrogen-bond donors (Lipinski definition) is 1. The van der Waals surface area contributed by atoms with Crippen molar-refractivity contribution >= 4 is 52.1 Å². The molecule has 3 aromatic heterocycles. The van der Waals surface area contributed by atoms with Crippen LogP contribution in [0.2, 0.25) is 0 Å². The van der Waals surface area contributed by atoms with E-state index in [0.29, 0.717) is 11.3 Å². The number of anilines is 1. The molecule has 0 fully saturated rings. The summed E-state index contributed by atoms with van der Waals surface area (Å²) in [6.07, 6.45) is 0.781. The average molecular weight is 388 g/mol. The molecule has 1 amide bonds. The number of carbonyl (C=O) groups excluding carboxylic acids is 2. The van der Waals surface area contributed by atoms with Crippen LogP contribution in [0.1, 0.15) is 22.4 Å². The predicted molar refractivity (Wildman–Crippen MR) is 102 cm³/mol. The second-order valence-electron chi connectivity index (χ2n) is 5.42. The molecule has 0 aliphatic carbocycles. The van der Waals surface area contributed by atoms with Gasteiger partial charge in [0.15, 0.2) is 6.10 Å². The number of aromatic nitrogens is 1. The van der Waals surface area contributed by atoms with E-state index in [2.05, 4.69) is 10.5 Å². The molecule has 0 saturated heterocycles. The third-order valence-corrected chi connectivity index (χ3v) is 5.09. The summed E-state index contributed by atoms with van der Waals surface area (Å²) in [6.45, 7) is 3.25. The van der Waals surface area contributed by atoms with E-state index in [-0.39, 0.29) is 5.88 Å². The van der Waals surface area contributed by atoms with E-state index in [0.717, 1.165) is 9.75 Å². The normalized spacial score (nSPS) is 12.6. The highest BCUT2D eigenvalue weighted by Gasteiger charge is 2.23. The minimum atomic E-state index is -0.986. The number of aryl methyl sites for hydroxylation is 1. The molecule has 0 saturated carbocycles. The highest BCUT2D eigenvalue weighted by molar-refractivity contribution is 7.12. The number of nitrogens with one attached hydrogen (secondary N) is 1. The molecule has 0 spiro atoms. The van der Waals surface area contributed by atoms with Crippen LogP contribution in [0.5, 0.6) is 0 Å². The molecule has 26 heavy (non-hydrogen) atoms. The van der Waals surface area contributed by atoms with Gasteiger partial charge in [-0.3, -0.25) is 10.1 Å². The van der Waals surface area contributed by atoms with Crippen molar-refractivity contribution in [3.05, 3.63) is 56.5 Å². The van der Waals surface area contributed by atoms with Crippen molar-refractivity contribution in [2.45, 2.75) is 20.0 Å². The van der Waals surface area contributed by atoms with Gasteiger partial charge in [0.2, 0.25) is 5.88 Å². The van der Waals surface area contributed by atoms with Crippen molar-refractivity contribution in [1.29, 1.82) is 0 Å². The lowest BCUT2D eigenvalue weighted by atomic mass is 10.2. The maximum absolute atomic E-state index is 12.6. The first-order valence-electron chi connectivity index (χ1n) is 7.77. The minimum absolute atomic E-state index is 0.211. The minimum Gasteiger partial charge on any atom is -0.449 e. The summed E-state index contributed by atoms with van der Waals surface area (Å²) in [7, 11) is 0. The van der Waals surface area contributed by atoms with E-state index in [9.17, 15) is 9.59 Å². The number of ether oxygens (including phenoxy) is 1. The fourth-order valence-corrected chi connectivity index (χ4v) is 3.49. The molecule has 134 valence electrons. The first kappa shape index (κ1) is 18.1. The van der Waals surface area contributed by atoms with Crippen molar-refractivity contribution in [2.24, 2.45) is 0 Å². The monoisotopic (exact) mass is 388 g/mol. The zero-order chi connectivity index (χ0) is 18.5. The predicted octanol–water partition coefficient (Wildman–Crippen LogP) is 4.22. The van der Waals surface area contributed by atoms with Gasteiger partial charge in [-0.2, -0.15) is 0 Å². The maximum atomic E-state index is 12.6. The maximum Gasteiger partial charge on any atom is 0.340 e. The molecule has 1 unspecified atom stereocenters. The molecule has 0 aromatic carbocycles. The Balaban J connectivity index is 1.72. The van der Waals surface area contributed by atoms with Crippen LogP contribution in [0.15, 0.2) is 45.6 Å². The molecular weight excluding hydrogens is 372 g/mol. The largest absolute Gasteiger partial charge is 0.449 e. The molecule has 8 heteroatoms. The molecule has 3 heterocycles. The van der Waals surface area contributed by atoms with Crippen LogP contribution in [-0.4, -0.2) is 23.1 Å². The van der Waals surface area contributed by atoms with E-state index >= 15 is 0 Å². The smallest absolute Gasteiger partial charge is 0.340 e. The first-order chi connectivity index (χ1) is 12.5. The number of hydrogen-bond acceptors (Lipinski definition) is 7. The SMILES string of the molecule is Cc1cc(NC(=O)C(C)OC(=O)C(=Cc2cccs2)c2cccs2)on1. The van der Waals surface area contributed by atoms with Crippen LogP contribution in [0.3, 0.4) is 0 Å². The number of thiophene rings is 2. The van der Waals surface area contributed by atoms with Gasteiger partial charge in [0.05, 0.1) is 11.3 Å². The van der Waals surface area contributed by atoms with E-state index in [1.165, 1.54) is 29.6 Å². The van der Waals surface area contributed by atoms with Crippen LogP contribution >= 0.6 is 22.7 Å². The van der Waals surface area contributed by atoms with Gasteiger partial charge in [-0.15, -0.1) is 22.7 Å². The van der Waals surface area contributed by atoms with Gasteiger partial charge in [0.1, 0.15) is 0 Å². The molecule has 6 nitrogen and oxygen atoms in total. The Morgan fingerprint density at radius 3 is 2.65 bits per heavy atom. The van der Waals surface area contributed by atoms with Crippen molar-refractivity contribution in [3.8, 4) is 0 Å². The number of rotatable bonds is 6. The summed E-state index contributed by atoms with van der Waals surface area (Å²) in [5, 5.41) is 10.0. The third kappa shape index (κ3) is 4.47. The summed E-state index contributed by atoms with van der Waals surface area (Å²) in [5.74, 6) is -0.837. The van der Waals surface area contributed by atoms with Gasteiger partial charge in [-0.25, -0.2) is 4.79 Å². The molecule has 0 aliphatic rings. The van der Waals surface area contributed by atoms with E-state index in [1.54, 1.807) is 19.1 Å². The zero-order valence-corrected chi connectivity index (χ0v) is 15.7. The van der Waals surface area contributed by atoms with E-state index in [1.807, 2.05) is 35.0 Å². The summed E-state index contributed by atoms with van der Waals surface area (Å²) in [4.78, 5) is 26.5. The average Bonchev–Trinajstić information content (AvgIpc) is 3.35. The summed E-state index contributed by atoms with van der Waals surface area (Å²) in [5.41, 5.74) is 1.06. The Labute approximate surface area is 158 Å². The fourth-order valence-electron chi connectivity index (χ4n) is 2.10. The highest BCUT2D eigenvalue weighted by Crippen LogP contribution is 2.26. The molecular formula is C18H16N2O4S2. The summed E-state index contributed by atoms with van der Waals surface area (Å²) in [6, 6.07) is 9.10. The lowest BCUT2D eigenvalue weighted by Gasteiger charge is -2.13. The van der Waals surface area contributed by atoms with Crippen molar-refractivity contribution in [3.63, 3.8) is 0 Å². The Morgan fingerprint density at radius 2 is 2.04 bits per heavy atom. The molecule has 1 N–H and O–H groups in total. The van der Waals surface area contributed by atoms with Crippen LogP contribution in [0.4, 0.5) is 5.88 Å². The van der Waals surface area contributed by atoms with Crippen molar-refractivity contribution in [2.75, 3.05) is 5.32 Å². The molecule has 0 radical (unpaired) electrons. The Morgan fingerprint density at radius 1 is 1.27 bits per heavy atom. The van der Waals surface area contributed by atoms with Crippen LogP contribution < -0.4 is 5.32 Å². The Bertz CT molecular complexity index is 911. The van der Waals surface area contributed by atoms with Gasteiger partial charge in [-0.05, 0) is 42.8 Å². The van der Waals surface area contributed by atoms with Crippen LogP contribution in [-0.2, 0) is 14.3 Å². The van der Waals surface area contributed by atoms with Gasteiger partial charge in [-0.1, -0.05) is 17.3 Å². The zero-order valence-electron chi connectivity index (χ0n) is 14.1. The van der Waals surface area contributed by atoms with Gasteiger partial charge in [0.25, 0.3) is 5.91 Å². The topological polar surface area (TPSA) is 81.4 Å². The standard InChI is InChI=1S/C18H16N2O4S2/c1-11-9-16(24-20-11)19-17(21)12(2)23-18(22)14(15-6-4-8-26-15)10-13-5-3-7-25-13/h3-10,12H,1-2H3,(H,19,21). The Kier molecular flexibility index (Phi) is 5.65. The molecule has 0 bridgehead atoms. The number of carbonyl (C=O) groups is 2. The number of nitrogens with zero attached hydrogens (tertiary/aromatic N) is 1. The molecule has 1 atom stereocenters.